The molecule has 0 unspecified atom stereocenters. The molecule has 228 valence electrons. The second-order valence-electron chi connectivity index (χ2n) is 11.9. The first-order chi connectivity index (χ1) is 19.2. The number of hydrogen-bond donors (Lipinski definition) is 1. The van der Waals surface area contributed by atoms with Gasteiger partial charge in [-0.15, -0.1) is 0 Å². The van der Waals surface area contributed by atoms with Crippen molar-refractivity contribution in [2.75, 3.05) is 39.9 Å². The van der Waals surface area contributed by atoms with Gasteiger partial charge in [-0.3, -0.25) is 19.4 Å². The number of unbranched alkanes of at least 4 members (excludes halogenated alkanes) is 1. The lowest BCUT2D eigenvalue weighted by Gasteiger charge is -2.41. The minimum atomic E-state index is -0.994. The molecule has 2 atom stereocenters. The molecule has 1 aliphatic rings. The average molecular weight is 576 g/mol. The van der Waals surface area contributed by atoms with Gasteiger partial charge in [-0.2, -0.15) is 0 Å². The molecular formula is C30H45N3O8. The molecule has 0 bridgehead atoms. The summed E-state index contributed by atoms with van der Waals surface area (Å²) in [7, 11) is 1.28. The quantitative estimate of drug-likeness (QED) is 0.172. The molecule has 1 aromatic carbocycles. The summed E-state index contributed by atoms with van der Waals surface area (Å²) in [5, 5.41) is 2.81. The summed E-state index contributed by atoms with van der Waals surface area (Å²) in [4.78, 5) is 66.7. The van der Waals surface area contributed by atoms with Crippen LogP contribution in [0.3, 0.4) is 0 Å². The maximum absolute atomic E-state index is 13.2. The predicted molar refractivity (Wildman–Crippen MR) is 153 cm³/mol. The number of carbonyl (C=O) groups is 5. The van der Waals surface area contributed by atoms with Crippen LogP contribution in [0.25, 0.3) is 0 Å². The van der Waals surface area contributed by atoms with Gasteiger partial charge in [0.15, 0.2) is 6.29 Å². The number of esters is 2. The van der Waals surface area contributed by atoms with Crippen LogP contribution in [0.4, 0.5) is 4.79 Å². The normalized spacial score (nSPS) is 16.9. The highest BCUT2D eigenvalue weighted by Crippen LogP contribution is 2.28. The Balaban J connectivity index is 2.19. The first-order valence-corrected chi connectivity index (χ1v) is 14.1. The molecule has 0 radical (unpaired) electrons. The van der Waals surface area contributed by atoms with Crippen LogP contribution in [0.2, 0.25) is 0 Å². The first-order valence-electron chi connectivity index (χ1n) is 14.1. The van der Waals surface area contributed by atoms with Crippen LogP contribution in [-0.4, -0.2) is 97.6 Å². The topological polar surface area (TPSA) is 132 Å². The minimum Gasteiger partial charge on any atom is -0.467 e. The first kappa shape index (κ1) is 33.7. The standard InChI is InChI=1S/C30H45N3O8/c1-8-9-18-40-27(37)24(31-25(35)22-13-11-10-12-21(22)20-34)30(5,6)14-15-32-16-17-33(23(19-32)26(36)39-7)28(38)41-29(2,3)4/h10-13,20,23-24H,8-9,14-19H2,1-7H3,(H,31,35)/t23-,24+/m0/s1. The van der Waals surface area contributed by atoms with E-state index in [2.05, 4.69) is 5.32 Å². The van der Waals surface area contributed by atoms with Crippen molar-refractivity contribution in [3.8, 4) is 0 Å². The van der Waals surface area contributed by atoms with E-state index in [1.54, 1.807) is 32.9 Å². The van der Waals surface area contributed by atoms with E-state index >= 15 is 0 Å². The second-order valence-corrected chi connectivity index (χ2v) is 11.9. The number of benzene rings is 1. The van der Waals surface area contributed by atoms with Crippen LogP contribution in [0.1, 0.15) is 81.5 Å². The van der Waals surface area contributed by atoms with Crippen LogP contribution < -0.4 is 5.32 Å². The Morgan fingerprint density at radius 1 is 1.10 bits per heavy atom. The number of carbonyl (C=O) groups excluding carboxylic acids is 5. The van der Waals surface area contributed by atoms with Gasteiger partial charge in [0.05, 0.1) is 13.7 Å². The smallest absolute Gasteiger partial charge is 0.411 e. The zero-order chi connectivity index (χ0) is 30.8. The minimum absolute atomic E-state index is 0.170. The lowest BCUT2D eigenvalue weighted by Crippen LogP contribution is -2.60. The van der Waals surface area contributed by atoms with Crippen LogP contribution in [0.5, 0.6) is 0 Å². The van der Waals surface area contributed by atoms with Crippen LogP contribution >= 0.6 is 0 Å². The lowest BCUT2D eigenvalue weighted by molar-refractivity contribution is -0.149. The molecule has 1 saturated heterocycles. The summed E-state index contributed by atoms with van der Waals surface area (Å²) >= 11 is 0. The van der Waals surface area contributed by atoms with E-state index < -0.39 is 47.0 Å². The predicted octanol–water partition coefficient (Wildman–Crippen LogP) is 3.45. The number of rotatable bonds is 12. The summed E-state index contributed by atoms with van der Waals surface area (Å²) < 4.78 is 16.0. The number of ether oxygens (including phenoxy) is 3. The van der Waals surface area contributed by atoms with E-state index in [9.17, 15) is 24.0 Å². The Bertz CT molecular complexity index is 1080. The molecular weight excluding hydrogens is 530 g/mol. The fourth-order valence-electron chi connectivity index (χ4n) is 4.50. The van der Waals surface area contributed by atoms with Gasteiger partial charge < -0.3 is 19.5 Å². The van der Waals surface area contributed by atoms with Crippen LogP contribution in [0.15, 0.2) is 24.3 Å². The molecule has 11 nitrogen and oxygen atoms in total. The highest BCUT2D eigenvalue weighted by molar-refractivity contribution is 6.02. The Morgan fingerprint density at radius 3 is 2.39 bits per heavy atom. The highest BCUT2D eigenvalue weighted by atomic mass is 16.6. The third kappa shape index (κ3) is 9.84. The van der Waals surface area contributed by atoms with Crippen molar-refractivity contribution in [1.82, 2.24) is 15.1 Å². The number of methoxy groups -OCH3 is 1. The number of hydrogen-bond acceptors (Lipinski definition) is 9. The zero-order valence-electron chi connectivity index (χ0n) is 25.4. The molecule has 1 N–H and O–H groups in total. The fraction of sp³-hybridized carbons (Fsp3) is 0.633. The molecule has 0 aromatic heterocycles. The Labute approximate surface area is 242 Å². The average Bonchev–Trinajstić information content (AvgIpc) is 2.93. The molecule has 2 rings (SSSR count). The SMILES string of the molecule is CCCCOC(=O)[C@@H](NC(=O)c1ccccc1C=O)C(C)(C)CCN1CCN(C(=O)OC(C)(C)C)[C@H](C(=O)OC)C1. The number of nitrogens with zero attached hydrogens (tertiary/aromatic N) is 2. The maximum atomic E-state index is 13.2. The van der Waals surface area contributed by atoms with Crippen molar-refractivity contribution in [2.45, 2.75) is 78.5 Å². The van der Waals surface area contributed by atoms with E-state index in [4.69, 9.17) is 14.2 Å². The third-order valence-corrected chi connectivity index (χ3v) is 7.01. The largest absolute Gasteiger partial charge is 0.467 e. The molecule has 1 aromatic rings. The monoisotopic (exact) mass is 575 g/mol. The van der Waals surface area contributed by atoms with E-state index in [1.165, 1.54) is 24.1 Å². The van der Waals surface area contributed by atoms with Gasteiger partial charge in [-0.05, 0) is 51.6 Å². The van der Waals surface area contributed by atoms with Gasteiger partial charge >= 0.3 is 18.0 Å². The van der Waals surface area contributed by atoms with Crippen molar-refractivity contribution in [2.24, 2.45) is 5.41 Å². The van der Waals surface area contributed by atoms with Gasteiger partial charge in [0.25, 0.3) is 5.91 Å². The summed E-state index contributed by atoms with van der Waals surface area (Å²) in [6.45, 7) is 12.7. The molecule has 41 heavy (non-hydrogen) atoms. The van der Waals surface area contributed by atoms with E-state index in [0.29, 0.717) is 32.2 Å². The Hall–Kier alpha value is -3.47. The van der Waals surface area contributed by atoms with Gasteiger partial charge in [-0.1, -0.05) is 45.4 Å². The summed E-state index contributed by atoms with van der Waals surface area (Å²) in [5.41, 5.74) is -1.09. The van der Waals surface area contributed by atoms with Crippen molar-refractivity contribution in [3.63, 3.8) is 0 Å². The highest BCUT2D eigenvalue weighted by Gasteiger charge is 2.41. The Kier molecular flexibility index (Phi) is 12.3. The maximum Gasteiger partial charge on any atom is 0.411 e. The van der Waals surface area contributed by atoms with E-state index in [0.717, 1.165) is 6.42 Å². The lowest BCUT2D eigenvalue weighted by atomic mass is 9.80. The molecule has 0 aliphatic carbocycles. The Morgan fingerprint density at radius 2 is 1.78 bits per heavy atom. The molecule has 2 amide bonds. The summed E-state index contributed by atoms with van der Waals surface area (Å²) in [6.07, 6.45) is 2.01. The third-order valence-electron chi connectivity index (χ3n) is 7.01. The molecule has 1 aliphatic heterocycles. The fourth-order valence-corrected chi connectivity index (χ4v) is 4.50. The van der Waals surface area contributed by atoms with Crippen LogP contribution in [0, 0.1) is 5.41 Å². The molecule has 1 fully saturated rings. The van der Waals surface area contributed by atoms with Gasteiger partial charge in [0.1, 0.15) is 17.7 Å². The molecule has 1 heterocycles. The van der Waals surface area contributed by atoms with Gasteiger partial charge in [0, 0.05) is 30.8 Å². The molecule has 0 saturated carbocycles. The molecule has 0 spiro atoms. The zero-order valence-corrected chi connectivity index (χ0v) is 25.4. The number of aldehydes is 1. The van der Waals surface area contributed by atoms with Crippen molar-refractivity contribution in [1.29, 1.82) is 0 Å². The van der Waals surface area contributed by atoms with Crippen molar-refractivity contribution >= 4 is 30.2 Å². The van der Waals surface area contributed by atoms with Crippen molar-refractivity contribution in [3.05, 3.63) is 35.4 Å². The van der Waals surface area contributed by atoms with E-state index in [1.807, 2.05) is 25.7 Å². The second kappa shape index (κ2) is 15.0. The number of nitrogens with one attached hydrogen (secondary N) is 1. The molecule has 11 heteroatoms. The van der Waals surface area contributed by atoms with Crippen LogP contribution in [-0.2, 0) is 23.8 Å². The van der Waals surface area contributed by atoms with Gasteiger partial charge in [0.2, 0.25) is 0 Å². The number of piperazine rings is 1. The van der Waals surface area contributed by atoms with Crippen molar-refractivity contribution < 1.29 is 38.2 Å². The van der Waals surface area contributed by atoms with E-state index in [-0.39, 0.29) is 30.8 Å². The summed E-state index contributed by atoms with van der Waals surface area (Å²) in [5.74, 6) is -1.64. The number of amides is 2. The summed E-state index contributed by atoms with van der Waals surface area (Å²) in [6, 6.07) is 4.53. The van der Waals surface area contributed by atoms with Gasteiger partial charge in [-0.25, -0.2) is 14.4 Å².